The average molecular weight is 306 g/mol. The Morgan fingerprint density at radius 2 is 2.09 bits per heavy atom. The summed E-state index contributed by atoms with van der Waals surface area (Å²) in [5.41, 5.74) is 0. The van der Waals surface area contributed by atoms with E-state index in [1.807, 2.05) is 6.20 Å². The van der Waals surface area contributed by atoms with E-state index in [1.165, 1.54) is 0 Å². The van der Waals surface area contributed by atoms with Crippen LogP contribution in [0.5, 0.6) is 0 Å². The van der Waals surface area contributed by atoms with E-state index >= 15 is 0 Å². The maximum atomic E-state index is 12.2. The van der Waals surface area contributed by atoms with Crippen molar-refractivity contribution in [3.8, 4) is 0 Å². The first-order valence-electron chi connectivity index (χ1n) is 8.40. The number of imidazole rings is 1. The standard InChI is InChI=1S/C16H26N4O2/c21-16(19-6-1-15-17-7-8-18-15)13-2-9-20(10-3-13)14-4-11-22-12-5-14/h7-8,13-14H,1-6,9-12H2,(H,17,18)(H,19,21). The van der Waals surface area contributed by atoms with Crippen LogP contribution in [-0.4, -0.2) is 59.7 Å². The fraction of sp³-hybridized carbons (Fsp3) is 0.750. The molecule has 2 fully saturated rings. The van der Waals surface area contributed by atoms with Gasteiger partial charge in [0.2, 0.25) is 5.91 Å². The summed E-state index contributed by atoms with van der Waals surface area (Å²) < 4.78 is 5.43. The van der Waals surface area contributed by atoms with E-state index in [0.717, 1.165) is 64.2 Å². The molecule has 2 saturated heterocycles. The minimum absolute atomic E-state index is 0.174. The lowest BCUT2D eigenvalue weighted by atomic mass is 9.93. The van der Waals surface area contributed by atoms with Crippen LogP contribution in [0.4, 0.5) is 0 Å². The highest BCUT2D eigenvalue weighted by atomic mass is 16.5. The number of likely N-dealkylation sites (tertiary alicyclic amines) is 1. The van der Waals surface area contributed by atoms with Gasteiger partial charge in [-0.2, -0.15) is 0 Å². The summed E-state index contributed by atoms with van der Waals surface area (Å²) >= 11 is 0. The van der Waals surface area contributed by atoms with Gasteiger partial charge >= 0.3 is 0 Å². The number of hydrogen-bond acceptors (Lipinski definition) is 4. The van der Waals surface area contributed by atoms with Crippen molar-refractivity contribution in [1.29, 1.82) is 0 Å². The summed E-state index contributed by atoms with van der Waals surface area (Å²) in [7, 11) is 0. The number of nitrogens with one attached hydrogen (secondary N) is 2. The van der Waals surface area contributed by atoms with E-state index in [2.05, 4.69) is 20.2 Å². The third-order valence-corrected chi connectivity index (χ3v) is 4.82. The van der Waals surface area contributed by atoms with Gasteiger partial charge in [0.15, 0.2) is 0 Å². The largest absolute Gasteiger partial charge is 0.381 e. The van der Waals surface area contributed by atoms with Crippen molar-refractivity contribution in [2.75, 3.05) is 32.8 Å². The lowest BCUT2D eigenvalue weighted by Crippen LogP contribution is -2.46. The SMILES string of the molecule is O=C(NCCc1ncc[nH]1)C1CCN(C2CCOCC2)CC1. The number of H-pyrrole nitrogens is 1. The highest BCUT2D eigenvalue weighted by molar-refractivity contribution is 5.78. The molecule has 0 spiro atoms. The van der Waals surface area contributed by atoms with Crippen LogP contribution in [0.15, 0.2) is 12.4 Å². The fourth-order valence-corrected chi connectivity index (χ4v) is 3.46. The first-order chi connectivity index (χ1) is 10.8. The van der Waals surface area contributed by atoms with E-state index in [4.69, 9.17) is 4.74 Å². The number of nitrogens with zero attached hydrogens (tertiary/aromatic N) is 2. The first-order valence-corrected chi connectivity index (χ1v) is 8.40. The van der Waals surface area contributed by atoms with Crippen LogP contribution in [-0.2, 0) is 16.0 Å². The average Bonchev–Trinajstić information content (AvgIpc) is 3.09. The topological polar surface area (TPSA) is 70.2 Å². The van der Waals surface area contributed by atoms with Crippen LogP contribution in [0.1, 0.15) is 31.5 Å². The van der Waals surface area contributed by atoms with E-state index in [-0.39, 0.29) is 11.8 Å². The Kier molecular flexibility index (Phi) is 5.45. The molecule has 2 aliphatic heterocycles. The molecule has 3 heterocycles. The number of carbonyl (C=O) groups is 1. The molecular formula is C16H26N4O2. The van der Waals surface area contributed by atoms with E-state index in [9.17, 15) is 4.79 Å². The summed E-state index contributed by atoms with van der Waals surface area (Å²) in [6.07, 6.45) is 8.54. The Balaban J connectivity index is 1.36. The highest BCUT2D eigenvalue weighted by Crippen LogP contribution is 2.23. The minimum atomic E-state index is 0.174. The van der Waals surface area contributed by atoms with Gasteiger partial charge in [-0.15, -0.1) is 0 Å². The maximum absolute atomic E-state index is 12.2. The van der Waals surface area contributed by atoms with Crippen LogP contribution in [0.3, 0.4) is 0 Å². The molecule has 0 radical (unpaired) electrons. The van der Waals surface area contributed by atoms with E-state index in [0.29, 0.717) is 12.6 Å². The van der Waals surface area contributed by atoms with Gasteiger partial charge in [-0.05, 0) is 38.8 Å². The lowest BCUT2D eigenvalue weighted by molar-refractivity contribution is -0.126. The Morgan fingerprint density at radius 3 is 2.77 bits per heavy atom. The predicted octanol–water partition coefficient (Wildman–Crippen LogP) is 0.959. The monoisotopic (exact) mass is 306 g/mol. The summed E-state index contributed by atoms with van der Waals surface area (Å²) in [5, 5.41) is 3.05. The summed E-state index contributed by atoms with van der Waals surface area (Å²) in [5.74, 6) is 1.31. The van der Waals surface area contributed by atoms with Gasteiger partial charge in [0, 0.05) is 50.5 Å². The lowest BCUT2D eigenvalue weighted by Gasteiger charge is -2.38. The third-order valence-electron chi connectivity index (χ3n) is 4.82. The molecular weight excluding hydrogens is 280 g/mol. The summed E-state index contributed by atoms with van der Waals surface area (Å²) in [4.78, 5) is 22.0. The Morgan fingerprint density at radius 1 is 1.32 bits per heavy atom. The zero-order valence-corrected chi connectivity index (χ0v) is 13.1. The number of rotatable bonds is 5. The van der Waals surface area contributed by atoms with Gasteiger partial charge in [-0.25, -0.2) is 4.98 Å². The van der Waals surface area contributed by atoms with Gasteiger partial charge < -0.3 is 19.9 Å². The van der Waals surface area contributed by atoms with Gasteiger partial charge in [-0.3, -0.25) is 4.79 Å². The first kappa shape index (κ1) is 15.5. The van der Waals surface area contributed by atoms with E-state index in [1.54, 1.807) is 6.20 Å². The van der Waals surface area contributed by atoms with Crippen molar-refractivity contribution in [3.63, 3.8) is 0 Å². The van der Waals surface area contributed by atoms with Crippen LogP contribution >= 0.6 is 0 Å². The number of carbonyl (C=O) groups excluding carboxylic acids is 1. The third kappa shape index (κ3) is 4.08. The Bertz CT molecular complexity index is 449. The number of piperidine rings is 1. The van der Waals surface area contributed by atoms with Crippen molar-refractivity contribution >= 4 is 5.91 Å². The Labute approximate surface area is 131 Å². The van der Waals surface area contributed by atoms with Crippen LogP contribution in [0.25, 0.3) is 0 Å². The molecule has 0 saturated carbocycles. The molecule has 0 unspecified atom stereocenters. The summed E-state index contributed by atoms with van der Waals surface area (Å²) in [6, 6.07) is 0.664. The van der Waals surface area contributed by atoms with Crippen LogP contribution in [0, 0.1) is 5.92 Å². The number of aromatic amines is 1. The van der Waals surface area contributed by atoms with Gasteiger partial charge in [0.1, 0.15) is 5.82 Å². The molecule has 2 aliphatic rings. The van der Waals surface area contributed by atoms with Crippen molar-refractivity contribution in [1.82, 2.24) is 20.2 Å². The second-order valence-corrected chi connectivity index (χ2v) is 6.23. The van der Waals surface area contributed by atoms with Crippen molar-refractivity contribution < 1.29 is 9.53 Å². The number of amides is 1. The zero-order chi connectivity index (χ0) is 15.2. The van der Waals surface area contributed by atoms with Crippen molar-refractivity contribution in [3.05, 3.63) is 18.2 Å². The van der Waals surface area contributed by atoms with Crippen LogP contribution in [0.2, 0.25) is 0 Å². The molecule has 2 N–H and O–H groups in total. The molecule has 1 aromatic heterocycles. The molecule has 6 heteroatoms. The van der Waals surface area contributed by atoms with E-state index < -0.39 is 0 Å². The van der Waals surface area contributed by atoms with Crippen LogP contribution < -0.4 is 5.32 Å². The van der Waals surface area contributed by atoms with Gasteiger partial charge in [0.25, 0.3) is 0 Å². The molecule has 122 valence electrons. The second-order valence-electron chi connectivity index (χ2n) is 6.23. The van der Waals surface area contributed by atoms with Crippen molar-refractivity contribution in [2.24, 2.45) is 5.92 Å². The Hall–Kier alpha value is -1.40. The minimum Gasteiger partial charge on any atom is -0.381 e. The molecule has 0 bridgehead atoms. The molecule has 0 aliphatic carbocycles. The van der Waals surface area contributed by atoms with Gasteiger partial charge in [-0.1, -0.05) is 0 Å². The second kappa shape index (κ2) is 7.74. The predicted molar refractivity (Wildman–Crippen MR) is 83.4 cm³/mol. The number of hydrogen-bond donors (Lipinski definition) is 2. The normalized spacial score (nSPS) is 21.8. The molecule has 6 nitrogen and oxygen atoms in total. The smallest absolute Gasteiger partial charge is 0.223 e. The van der Waals surface area contributed by atoms with Gasteiger partial charge in [0.05, 0.1) is 0 Å². The molecule has 22 heavy (non-hydrogen) atoms. The summed E-state index contributed by atoms with van der Waals surface area (Å²) in [6.45, 7) is 4.52. The van der Waals surface area contributed by atoms with Crippen molar-refractivity contribution in [2.45, 2.75) is 38.1 Å². The number of aromatic nitrogens is 2. The molecule has 0 aromatic carbocycles. The fourth-order valence-electron chi connectivity index (χ4n) is 3.46. The molecule has 1 amide bonds. The molecule has 3 rings (SSSR count). The molecule has 0 atom stereocenters. The number of ether oxygens (including phenoxy) is 1. The quantitative estimate of drug-likeness (QED) is 0.850. The molecule has 1 aromatic rings. The highest BCUT2D eigenvalue weighted by Gasteiger charge is 2.29. The zero-order valence-electron chi connectivity index (χ0n) is 13.1. The maximum Gasteiger partial charge on any atom is 0.223 e.